The van der Waals surface area contributed by atoms with Crippen molar-refractivity contribution in [3.8, 4) is 17.6 Å². The largest absolute Gasteiger partial charge is 0.454 e. The summed E-state index contributed by atoms with van der Waals surface area (Å²) in [5.74, 6) is 1.64. The molecule has 0 unspecified atom stereocenters. The van der Waals surface area contributed by atoms with Gasteiger partial charge in [-0.2, -0.15) is 5.26 Å². The van der Waals surface area contributed by atoms with E-state index in [0.29, 0.717) is 18.0 Å². The molecule has 0 bridgehead atoms. The summed E-state index contributed by atoms with van der Waals surface area (Å²) in [6.45, 7) is 7.16. The number of carbonyl (C=O) groups is 1. The highest BCUT2D eigenvalue weighted by atomic mass is 16.7. The van der Waals surface area contributed by atoms with Crippen molar-refractivity contribution in [2.75, 3.05) is 38.3 Å². The molecule has 2 aliphatic heterocycles. The maximum atomic E-state index is 12.6. The molecule has 1 fully saturated rings. The quantitative estimate of drug-likeness (QED) is 0.645. The highest BCUT2D eigenvalue weighted by Crippen LogP contribution is 2.32. The molecule has 0 saturated carbocycles. The minimum atomic E-state index is -0.132. The number of amides is 1. The van der Waals surface area contributed by atoms with Crippen LogP contribution < -0.4 is 24.6 Å². The Balaban J connectivity index is 1.28. The summed E-state index contributed by atoms with van der Waals surface area (Å²) in [6.07, 6.45) is 0. The SMILES string of the molecule is C[C@H](C(=O)Nc1cccc(C#N)c1)[NH+]1CC[NH+](Cc2ccc3c(c2)OCO3)CC1. The minimum Gasteiger partial charge on any atom is -0.454 e. The fourth-order valence-corrected chi connectivity index (χ4v) is 3.98. The van der Waals surface area contributed by atoms with Crippen LogP contribution in [-0.2, 0) is 11.3 Å². The van der Waals surface area contributed by atoms with E-state index in [1.165, 1.54) is 15.4 Å². The molecule has 4 rings (SSSR count). The van der Waals surface area contributed by atoms with Gasteiger partial charge in [0.1, 0.15) is 32.7 Å². The number of benzene rings is 2. The molecule has 0 aliphatic carbocycles. The Morgan fingerprint density at radius 1 is 1.14 bits per heavy atom. The molecular formula is C22H26N4O3+2. The second kappa shape index (κ2) is 8.52. The molecule has 2 heterocycles. The van der Waals surface area contributed by atoms with Crippen LogP contribution in [0, 0.1) is 11.3 Å². The number of anilines is 1. The van der Waals surface area contributed by atoms with Crippen molar-refractivity contribution in [3.05, 3.63) is 53.6 Å². The summed E-state index contributed by atoms with van der Waals surface area (Å²) >= 11 is 0. The third-order valence-electron chi connectivity index (χ3n) is 5.76. The first-order chi connectivity index (χ1) is 14.1. The average Bonchev–Trinajstić information content (AvgIpc) is 3.22. The van der Waals surface area contributed by atoms with Gasteiger partial charge in [0.2, 0.25) is 6.79 Å². The lowest BCUT2D eigenvalue weighted by molar-refractivity contribution is -1.02. The molecule has 2 aliphatic rings. The molecule has 1 atom stereocenters. The van der Waals surface area contributed by atoms with Crippen molar-refractivity contribution >= 4 is 11.6 Å². The first-order valence-electron chi connectivity index (χ1n) is 10.00. The first kappa shape index (κ1) is 19.2. The third-order valence-corrected chi connectivity index (χ3v) is 5.76. The number of fused-ring (bicyclic) bond motifs is 1. The zero-order valence-corrected chi connectivity index (χ0v) is 16.5. The number of hydrogen-bond acceptors (Lipinski definition) is 4. The highest BCUT2D eigenvalue weighted by Gasteiger charge is 2.31. The molecule has 0 spiro atoms. The Hall–Kier alpha value is -3.08. The first-order valence-corrected chi connectivity index (χ1v) is 10.00. The zero-order valence-electron chi connectivity index (χ0n) is 16.5. The molecule has 7 nitrogen and oxygen atoms in total. The molecule has 0 aromatic heterocycles. The highest BCUT2D eigenvalue weighted by molar-refractivity contribution is 5.93. The fourth-order valence-electron chi connectivity index (χ4n) is 3.98. The summed E-state index contributed by atoms with van der Waals surface area (Å²) in [7, 11) is 0. The van der Waals surface area contributed by atoms with E-state index in [2.05, 4.69) is 23.5 Å². The number of rotatable bonds is 5. The van der Waals surface area contributed by atoms with Gasteiger partial charge in [0, 0.05) is 11.3 Å². The Bertz CT molecular complexity index is 932. The van der Waals surface area contributed by atoms with Crippen molar-refractivity contribution in [1.29, 1.82) is 5.26 Å². The average molecular weight is 394 g/mol. The van der Waals surface area contributed by atoms with Crippen LogP contribution in [-0.4, -0.2) is 44.9 Å². The summed E-state index contributed by atoms with van der Waals surface area (Å²) in [5, 5.41) is 11.9. The van der Waals surface area contributed by atoms with Crippen LogP contribution in [0.2, 0.25) is 0 Å². The van der Waals surface area contributed by atoms with Crippen molar-refractivity contribution in [1.82, 2.24) is 0 Å². The summed E-state index contributed by atoms with van der Waals surface area (Å²) in [6, 6.07) is 15.1. The molecule has 1 amide bonds. The van der Waals surface area contributed by atoms with Gasteiger partial charge >= 0.3 is 0 Å². The monoisotopic (exact) mass is 394 g/mol. The molecule has 2 aromatic carbocycles. The van der Waals surface area contributed by atoms with Crippen LogP contribution in [0.25, 0.3) is 0 Å². The van der Waals surface area contributed by atoms with E-state index in [0.717, 1.165) is 44.2 Å². The van der Waals surface area contributed by atoms with E-state index in [1.807, 2.05) is 19.1 Å². The molecule has 7 heteroatoms. The Morgan fingerprint density at radius 2 is 1.93 bits per heavy atom. The van der Waals surface area contributed by atoms with Crippen LogP contribution in [0.1, 0.15) is 18.1 Å². The van der Waals surface area contributed by atoms with Crippen LogP contribution in [0.4, 0.5) is 5.69 Å². The minimum absolute atomic E-state index is 0.00527. The van der Waals surface area contributed by atoms with Crippen LogP contribution in [0.3, 0.4) is 0 Å². The number of nitrogens with zero attached hydrogens (tertiary/aromatic N) is 1. The molecule has 3 N–H and O–H groups in total. The van der Waals surface area contributed by atoms with Crippen molar-refractivity contribution < 1.29 is 24.1 Å². The van der Waals surface area contributed by atoms with Crippen LogP contribution in [0.15, 0.2) is 42.5 Å². The smallest absolute Gasteiger partial charge is 0.282 e. The predicted molar refractivity (Wildman–Crippen MR) is 107 cm³/mol. The fraction of sp³-hybridized carbons (Fsp3) is 0.364. The standard InChI is InChI=1S/C22H24N4O3/c1-16(22(27)24-19-4-2-3-17(11-19)13-23)26-9-7-25(8-10-26)14-18-5-6-20-21(12-18)29-15-28-20/h2-6,11-12,16H,7-10,14-15H2,1H3,(H,24,27)/p+2/t16-/m1/s1. The lowest BCUT2D eigenvalue weighted by atomic mass is 10.1. The van der Waals surface area contributed by atoms with E-state index < -0.39 is 0 Å². The maximum Gasteiger partial charge on any atom is 0.282 e. The Morgan fingerprint density at radius 3 is 2.72 bits per heavy atom. The van der Waals surface area contributed by atoms with Gasteiger partial charge in [-0.15, -0.1) is 0 Å². The van der Waals surface area contributed by atoms with Crippen molar-refractivity contribution in [2.24, 2.45) is 0 Å². The second-order valence-electron chi connectivity index (χ2n) is 7.68. The Kier molecular flexibility index (Phi) is 5.65. The molecular weight excluding hydrogens is 368 g/mol. The van der Waals surface area contributed by atoms with Gasteiger partial charge in [-0.05, 0) is 43.3 Å². The predicted octanol–water partition coefficient (Wildman–Crippen LogP) is -0.402. The molecule has 0 radical (unpaired) electrons. The van der Waals surface area contributed by atoms with Gasteiger partial charge in [-0.3, -0.25) is 4.79 Å². The van der Waals surface area contributed by atoms with E-state index in [9.17, 15) is 4.79 Å². The summed E-state index contributed by atoms with van der Waals surface area (Å²) in [5.41, 5.74) is 2.46. The van der Waals surface area contributed by atoms with Crippen molar-refractivity contribution in [3.63, 3.8) is 0 Å². The number of carbonyl (C=O) groups excluding carboxylic acids is 1. The van der Waals surface area contributed by atoms with E-state index >= 15 is 0 Å². The molecule has 29 heavy (non-hydrogen) atoms. The number of piperazine rings is 1. The lowest BCUT2D eigenvalue weighted by Gasteiger charge is -2.32. The number of quaternary nitrogens is 2. The van der Waals surface area contributed by atoms with Gasteiger partial charge in [0.15, 0.2) is 17.5 Å². The Labute approximate surface area is 170 Å². The number of ether oxygens (including phenoxy) is 2. The van der Waals surface area contributed by atoms with Gasteiger partial charge in [-0.25, -0.2) is 0 Å². The van der Waals surface area contributed by atoms with Crippen LogP contribution in [0.5, 0.6) is 11.5 Å². The van der Waals surface area contributed by atoms with Gasteiger partial charge in [-0.1, -0.05) is 6.07 Å². The van der Waals surface area contributed by atoms with E-state index in [4.69, 9.17) is 14.7 Å². The number of nitriles is 1. The molecule has 2 aromatic rings. The van der Waals surface area contributed by atoms with Crippen molar-refractivity contribution in [2.45, 2.75) is 19.5 Å². The van der Waals surface area contributed by atoms with E-state index in [-0.39, 0.29) is 11.9 Å². The summed E-state index contributed by atoms with van der Waals surface area (Å²) < 4.78 is 10.8. The number of nitrogens with one attached hydrogen (secondary N) is 3. The topological polar surface area (TPSA) is 80.2 Å². The van der Waals surface area contributed by atoms with E-state index in [1.54, 1.807) is 18.2 Å². The van der Waals surface area contributed by atoms with Crippen LogP contribution >= 0.6 is 0 Å². The normalized spacial score (nSPS) is 21.2. The zero-order chi connectivity index (χ0) is 20.2. The summed E-state index contributed by atoms with van der Waals surface area (Å²) in [4.78, 5) is 15.5. The third kappa shape index (κ3) is 4.50. The number of hydrogen-bond donors (Lipinski definition) is 3. The second-order valence-corrected chi connectivity index (χ2v) is 7.68. The van der Waals surface area contributed by atoms with Gasteiger partial charge in [0.25, 0.3) is 5.91 Å². The van der Waals surface area contributed by atoms with Gasteiger partial charge in [0.05, 0.1) is 11.6 Å². The van der Waals surface area contributed by atoms with Gasteiger partial charge < -0.3 is 24.6 Å². The maximum absolute atomic E-state index is 12.6. The molecule has 1 saturated heterocycles. The lowest BCUT2D eigenvalue weighted by Crippen LogP contribution is -3.29. The molecule has 150 valence electrons.